The highest BCUT2D eigenvalue weighted by Gasteiger charge is 2.28. The third-order valence-corrected chi connectivity index (χ3v) is 2.31. The summed E-state index contributed by atoms with van der Waals surface area (Å²) in [5, 5.41) is 10.9. The second kappa shape index (κ2) is 6.22. The van der Waals surface area contributed by atoms with Crippen LogP contribution in [0.25, 0.3) is 0 Å². The molecular weight excluding hydrogens is 279 g/mol. The number of carboxylic acids is 1. The Hall–Kier alpha value is -2.32. The molecule has 1 heterocycles. The summed E-state index contributed by atoms with van der Waals surface area (Å²) >= 11 is 0. The molecule has 2 N–H and O–H groups in total. The number of rotatable bonds is 4. The molecule has 0 bridgehead atoms. The van der Waals surface area contributed by atoms with Crippen LogP contribution in [-0.2, 0) is 0 Å². The number of hydrogen-bond acceptors (Lipinski definition) is 3. The first-order chi connectivity index (χ1) is 9.19. The lowest BCUT2D eigenvalue weighted by molar-refractivity contribution is -0.135. The van der Waals surface area contributed by atoms with Crippen molar-refractivity contribution in [3.63, 3.8) is 0 Å². The predicted octanol–water partition coefficient (Wildman–Crippen LogP) is 2.20. The Morgan fingerprint density at radius 2 is 2.05 bits per heavy atom. The molecule has 0 spiro atoms. The number of alkyl halides is 3. The van der Waals surface area contributed by atoms with Crippen LogP contribution in [-0.4, -0.2) is 46.8 Å². The second-order valence-electron chi connectivity index (χ2n) is 3.95. The van der Waals surface area contributed by atoms with Gasteiger partial charge < -0.3 is 15.3 Å². The van der Waals surface area contributed by atoms with E-state index in [4.69, 9.17) is 5.11 Å². The van der Waals surface area contributed by atoms with Crippen molar-refractivity contribution in [3.05, 3.63) is 24.0 Å². The van der Waals surface area contributed by atoms with Crippen LogP contribution in [0.5, 0.6) is 0 Å². The van der Waals surface area contributed by atoms with Crippen LogP contribution in [0.3, 0.4) is 0 Å². The molecule has 9 heteroatoms. The first kappa shape index (κ1) is 15.7. The zero-order chi connectivity index (χ0) is 15.3. The molecule has 0 atom stereocenters. The molecular formula is C11H12F3N3O3. The molecule has 1 aromatic heterocycles. The molecule has 1 aromatic rings. The van der Waals surface area contributed by atoms with Crippen LogP contribution in [0.1, 0.15) is 16.9 Å². The Bertz CT molecular complexity index is 488. The Morgan fingerprint density at radius 1 is 1.40 bits per heavy atom. The van der Waals surface area contributed by atoms with Gasteiger partial charge in [-0.3, -0.25) is 0 Å². The molecule has 6 nitrogen and oxygen atoms in total. The van der Waals surface area contributed by atoms with Crippen LogP contribution in [0.15, 0.2) is 18.3 Å². The van der Waals surface area contributed by atoms with E-state index in [2.05, 4.69) is 10.3 Å². The third kappa shape index (κ3) is 5.12. The smallest absolute Gasteiger partial charge is 0.390 e. The molecule has 0 aliphatic heterocycles. The van der Waals surface area contributed by atoms with E-state index in [1.54, 1.807) is 0 Å². The molecule has 2 amide bonds. The number of halogens is 3. The number of nitrogens with one attached hydrogen (secondary N) is 1. The van der Waals surface area contributed by atoms with E-state index in [9.17, 15) is 22.8 Å². The molecule has 0 aliphatic rings. The van der Waals surface area contributed by atoms with E-state index >= 15 is 0 Å². The van der Waals surface area contributed by atoms with E-state index in [1.807, 2.05) is 0 Å². The molecule has 0 aliphatic carbocycles. The van der Waals surface area contributed by atoms with Gasteiger partial charge >= 0.3 is 18.2 Å². The summed E-state index contributed by atoms with van der Waals surface area (Å²) in [5.74, 6) is -1.22. The SMILES string of the molecule is CN(CCC(F)(F)F)C(=O)Nc1ccc(C(=O)O)nc1. The Balaban J connectivity index is 2.55. The van der Waals surface area contributed by atoms with Crippen LogP contribution in [0, 0.1) is 0 Å². The van der Waals surface area contributed by atoms with Gasteiger partial charge in [-0.15, -0.1) is 0 Å². The summed E-state index contributed by atoms with van der Waals surface area (Å²) in [7, 11) is 1.22. The van der Waals surface area contributed by atoms with Crippen molar-refractivity contribution < 1.29 is 27.9 Å². The van der Waals surface area contributed by atoms with Gasteiger partial charge in [0.15, 0.2) is 0 Å². The normalized spacial score (nSPS) is 11.0. The maximum absolute atomic E-state index is 12.0. The Morgan fingerprint density at radius 3 is 2.50 bits per heavy atom. The van der Waals surface area contributed by atoms with Crippen molar-refractivity contribution in [3.8, 4) is 0 Å². The first-order valence-electron chi connectivity index (χ1n) is 5.47. The van der Waals surface area contributed by atoms with Crippen LogP contribution in [0.2, 0.25) is 0 Å². The van der Waals surface area contributed by atoms with Crippen molar-refractivity contribution in [1.82, 2.24) is 9.88 Å². The third-order valence-electron chi connectivity index (χ3n) is 2.31. The van der Waals surface area contributed by atoms with Gasteiger partial charge in [0.25, 0.3) is 0 Å². The Labute approximate surface area is 112 Å². The molecule has 0 aromatic carbocycles. The fourth-order valence-electron chi connectivity index (χ4n) is 1.21. The number of hydrogen-bond donors (Lipinski definition) is 2. The molecule has 1 rings (SSSR count). The van der Waals surface area contributed by atoms with Gasteiger partial charge in [0, 0.05) is 13.6 Å². The number of anilines is 1. The summed E-state index contributed by atoms with van der Waals surface area (Å²) in [6.07, 6.45) is -4.33. The van der Waals surface area contributed by atoms with Crippen molar-refractivity contribution in [2.24, 2.45) is 0 Å². The number of carbonyl (C=O) groups excluding carboxylic acids is 1. The van der Waals surface area contributed by atoms with Crippen molar-refractivity contribution in [2.45, 2.75) is 12.6 Å². The monoisotopic (exact) mass is 291 g/mol. The lowest BCUT2D eigenvalue weighted by Crippen LogP contribution is -2.34. The van der Waals surface area contributed by atoms with Crippen LogP contribution in [0.4, 0.5) is 23.7 Å². The highest BCUT2D eigenvalue weighted by Crippen LogP contribution is 2.19. The minimum absolute atomic E-state index is 0.193. The number of carbonyl (C=O) groups is 2. The average Bonchev–Trinajstić information content (AvgIpc) is 2.35. The summed E-state index contributed by atoms with van der Waals surface area (Å²) in [6, 6.07) is 1.73. The van der Waals surface area contributed by atoms with Crippen LogP contribution < -0.4 is 5.32 Å². The first-order valence-corrected chi connectivity index (χ1v) is 5.47. The standard InChI is InChI=1S/C11H12F3N3O3/c1-17(5-4-11(12,13)14)10(20)16-7-2-3-8(9(18)19)15-6-7/h2-3,6H,4-5H2,1H3,(H,16,20)(H,18,19). The van der Waals surface area contributed by atoms with Crippen molar-refractivity contribution in [2.75, 3.05) is 18.9 Å². The second-order valence-corrected chi connectivity index (χ2v) is 3.95. The van der Waals surface area contributed by atoms with E-state index in [1.165, 1.54) is 19.2 Å². The topological polar surface area (TPSA) is 82.5 Å². The molecule has 0 fully saturated rings. The fraction of sp³-hybridized carbons (Fsp3) is 0.364. The van der Waals surface area contributed by atoms with E-state index in [0.717, 1.165) is 11.1 Å². The number of urea groups is 1. The number of carboxylic acid groups (broad SMARTS) is 1. The molecule has 110 valence electrons. The van der Waals surface area contributed by atoms with Gasteiger partial charge in [-0.1, -0.05) is 0 Å². The molecule has 0 unspecified atom stereocenters. The van der Waals surface area contributed by atoms with Gasteiger partial charge in [0.1, 0.15) is 5.69 Å². The number of amides is 2. The lowest BCUT2D eigenvalue weighted by atomic mass is 10.3. The van der Waals surface area contributed by atoms with Gasteiger partial charge in [-0.2, -0.15) is 13.2 Å². The van der Waals surface area contributed by atoms with Crippen molar-refractivity contribution >= 4 is 17.7 Å². The van der Waals surface area contributed by atoms with Crippen LogP contribution >= 0.6 is 0 Å². The fourth-order valence-corrected chi connectivity index (χ4v) is 1.21. The number of aromatic nitrogens is 1. The summed E-state index contributed by atoms with van der Waals surface area (Å²) in [6.45, 7) is -0.476. The number of aromatic carboxylic acids is 1. The summed E-state index contributed by atoms with van der Waals surface area (Å²) in [4.78, 5) is 26.5. The van der Waals surface area contributed by atoms with E-state index in [-0.39, 0.29) is 11.4 Å². The van der Waals surface area contributed by atoms with Gasteiger partial charge in [-0.25, -0.2) is 14.6 Å². The molecule has 0 saturated heterocycles. The minimum Gasteiger partial charge on any atom is -0.477 e. The van der Waals surface area contributed by atoms with Gasteiger partial charge in [-0.05, 0) is 12.1 Å². The lowest BCUT2D eigenvalue weighted by Gasteiger charge is -2.18. The highest BCUT2D eigenvalue weighted by molar-refractivity contribution is 5.90. The quantitative estimate of drug-likeness (QED) is 0.891. The largest absolute Gasteiger partial charge is 0.477 e. The van der Waals surface area contributed by atoms with E-state index in [0.29, 0.717) is 0 Å². The summed E-state index contributed by atoms with van der Waals surface area (Å²) < 4.78 is 36.0. The highest BCUT2D eigenvalue weighted by atomic mass is 19.4. The van der Waals surface area contributed by atoms with Gasteiger partial charge in [0.2, 0.25) is 0 Å². The molecule has 20 heavy (non-hydrogen) atoms. The maximum atomic E-state index is 12.0. The Kier molecular flexibility index (Phi) is 4.89. The molecule has 0 radical (unpaired) electrons. The predicted molar refractivity (Wildman–Crippen MR) is 63.5 cm³/mol. The summed E-state index contributed by atoms with van der Waals surface area (Å²) in [5.41, 5.74) is -0.00714. The zero-order valence-corrected chi connectivity index (χ0v) is 10.4. The molecule has 0 saturated carbocycles. The van der Waals surface area contributed by atoms with Gasteiger partial charge in [0.05, 0.1) is 18.3 Å². The van der Waals surface area contributed by atoms with E-state index < -0.39 is 31.1 Å². The number of nitrogens with zero attached hydrogens (tertiary/aromatic N) is 2. The zero-order valence-electron chi connectivity index (χ0n) is 10.4. The number of pyridine rings is 1. The minimum atomic E-state index is -4.33. The van der Waals surface area contributed by atoms with Crippen molar-refractivity contribution in [1.29, 1.82) is 0 Å². The maximum Gasteiger partial charge on any atom is 0.390 e. The average molecular weight is 291 g/mol.